The second-order valence-corrected chi connectivity index (χ2v) is 5.12. The molecule has 0 bridgehead atoms. The van der Waals surface area contributed by atoms with Crippen LogP contribution in [0.3, 0.4) is 0 Å². The monoisotopic (exact) mass is 273 g/mol. The van der Waals surface area contributed by atoms with Gasteiger partial charge in [0, 0.05) is 31.4 Å². The smallest absolute Gasteiger partial charge is 0.240 e. The molecule has 20 heavy (non-hydrogen) atoms. The van der Waals surface area contributed by atoms with Crippen LogP contribution < -0.4 is 0 Å². The van der Waals surface area contributed by atoms with Crippen LogP contribution in [0, 0.1) is 5.92 Å². The lowest BCUT2D eigenvalue weighted by molar-refractivity contribution is -0.139. The van der Waals surface area contributed by atoms with Crippen molar-refractivity contribution in [3.05, 3.63) is 24.4 Å². The van der Waals surface area contributed by atoms with E-state index in [4.69, 9.17) is 4.52 Å². The Bertz CT molecular complexity index is 604. The first-order valence-electron chi connectivity index (χ1n) is 6.55. The zero-order valence-corrected chi connectivity index (χ0v) is 11.4. The second kappa shape index (κ2) is 4.99. The van der Waals surface area contributed by atoms with Gasteiger partial charge in [-0.15, -0.1) is 0 Å². The highest BCUT2D eigenvalue weighted by Gasteiger charge is 2.36. The summed E-state index contributed by atoms with van der Waals surface area (Å²) in [6.07, 6.45) is 3.26. The highest BCUT2D eigenvalue weighted by molar-refractivity contribution is 5.79. The Labute approximate surface area is 116 Å². The molecule has 1 aliphatic rings. The molecule has 3 heterocycles. The summed E-state index contributed by atoms with van der Waals surface area (Å²) in [6.45, 7) is 5.06. The molecule has 0 spiro atoms. The molecule has 104 valence electrons. The Balaban J connectivity index is 1.67. The van der Waals surface area contributed by atoms with Crippen LogP contribution in [-0.4, -0.2) is 44.0 Å². The number of likely N-dealkylation sites (tertiary alicyclic amines) is 1. The molecule has 0 saturated carbocycles. The third-order valence-electron chi connectivity index (χ3n) is 3.24. The molecule has 1 aliphatic heterocycles. The van der Waals surface area contributed by atoms with E-state index in [2.05, 4.69) is 20.1 Å². The number of hydrogen-bond acceptors (Lipinski definition) is 6. The summed E-state index contributed by atoms with van der Waals surface area (Å²) in [4.78, 5) is 26.0. The molecule has 0 aliphatic carbocycles. The Kier molecular flexibility index (Phi) is 3.17. The third kappa shape index (κ3) is 2.26. The Morgan fingerprint density at radius 3 is 2.65 bits per heavy atom. The van der Waals surface area contributed by atoms with Gasteiger partial charge in [0.1, 0.15) is 0 Å². The summed E-state index contributed by atoms with van der Waals surface area (Å²) in [5.74, 6) is 1.66. The van der Waals surface area contributed by atoms with Crippen LogP contribution in [0.2, 0.25) is 0 Å². The summed E-state index contributed by atoms with van der Waals surface area (Å²) in [6, 6.07) is 1.73. The van der Waals surface area contributed by atoms with Crippen LogP contribution in [-0.2, 0) is 4.79 Å². The van der Waals surface area contributed by atoms with Gasteiger partial charge in [-0.25, -0.2) is 9.97 Å². The normalized spacial score (nSPS) is 15.4. The average molecular weight is 273 g/mol. The van der Waals surface area contributed by atoms with Crippen molar-refractivity contribution < 1.29 is 9.32 Å². The van der Waals surface area contributed by atoms with Crippen molar-refractivity contribution in [2.24, 2.45) is 5.92 Å². The van der Waals surface area contributed by atoms with Crippen LogP contribution in [0.1, 0.15) is 25.7 Å². The molecular weight excluding hydrogens is 258 g/mol. The van der Waals surface area contributed by atoms with Gasteiger partial charge in [-0.2, -0.15) is 4.98 Å². The number of nitrogens with zero attached hydrogens (tertiary/aromatic N) is 5. The maximum absolute atomic E-state index is 11.8. The lowest BCUT2D eigenvalue weighted by Gasteiger charge is -2.38. The second-order valence-electron chi connectivity index (χ2n) is 5.12. The van der Waals surface area contributed by atoms with Gasteiger partial charge in [-0.1, -0.05) is 19.0 Å². The molecule has 1 saturated heterocycles. The quantitative estimate of drug-likeness (QED) is 0.832. The first-order chi connectivity index (χ1) is 9.65. The molecule has 0 atom stereocenters. The number of carbonyl (C=O) groups excluding carboxylic acids is 1. The minimum atomic E-state index is 0.0203. The largest absolute Gasteiger partial charge is 0.341 e. The zero-order chi connectivity index (χ0) is 14.1. The maximum Gasteiger partial charge on any atom is 0.240 e. The van der Waals surface area contributed by atoms with E-state index in [-0.39, 0.29) is 17.7 Å². The molecule has 1 amide bonds. The molecule has 0 unspecified atom stereocenters. The van der Waals surface area contributed by atoms with Gasteiger partial charge in [-0.3, -0.25) is 4.79 Å². The fourth-order valence-corrected chi connectivity index (χ4v) is 2.09. The zero-order valence-electron chi connectivity index (χ0n) is 11.4. The van der Waals surface area contributed by atoms with Crippen molar-refractivity contribution in [1.29, 1.82) is 0 Å². The van der Waals surface area contributed by atoms with Crippen molar-refractivity contribution in [3.8, 4) is 11.6 Å². The maximum atomic E-state index is 11.8. The molecule has 7 heteroatoms. The van der Waals surface area contributed by atoms with Crippen LogP contribution in [0.4, 0.5) is 0 Å². The molecular formula is C13H15N5O2. The van der Waals surface area contributed by atoms with Crippen molar-refractivity contribution in [2.45, 2.75) is 19.8 Å². The first-order valence-corrected chi connectivity index (χ1v) is 6.55. The lowest BCUT2D eigenvalue weighted by Crippen LogP contribution is -2.50. The molecule has 2 aromatic heterocycles. The predicted octanol–water partition coefficient (Wildman–Crippen LogP) is 1.11. The van der Waals surface area contributed by atoms with Crippen LogP contribution in [0.5, 0.6) is 0 Å². The third-order valence-corrected chi connectivity index (χ3v) is 3.24. The van der Waals surface area contributed by atoms with E-state index in [1.165, 1.54) is 0 Å². The standard InChI is InChI=1S/C13H15N5O2/c1-8(2)13(19)18-6-9(7-18)12-16-11(17-20-12)10-14-4-3-5-15-10/h3-5,8-9H,6-7H2,1-2H3. The van der Waals surface area contributed by atoms with Crippen LogP contribution in [0.15, 0.2) is 23.0 Å². The predicted molar refractivity (Wildman–Crippen MR) is 69.5 cm³/mol. The molecule has 1 fully saturated rings. The topological polar surface area (TPSA) is 85.0 Å². The van der Waals surface area contributed by atoms with Gasteiger partial charge >= 0.3 is 0 Å². The molecule has 0 radical (unpaired) electrons. The highest BCUT2D eigenvalue weighted by Crippen LogP contribution is 2.27. The van der Waals surface area contributed by atoms with E-state index in [1.54, 1.807) is 23.4 Å². The van der Waals surface area contributed by atoms with Gasteiger partial charge in [0.2, 0.25) is 23.4 Å². The molecule has 0 aromatic carbocycles. The molecule has 0 N–H and O–H groups in total. The van der Waals surface area contributed by atoms with Crippen molar-refractivity contribution in [3.63, 3.8) is 0 Å². The summed E-state index contributed by atoms with van der Waals surface area (Å²) in [7, 11) is 0. The lowest BCUT2D eigenvalue weighted by atomic mass is 9.98. The van der Waals surface area contributed by atoms with E-state index in [0.29, 0.717) is 30.6 Å². The van der Waals surface area contributed by atoms with E-state index in [1.807, 2.05) is 13.8 Å². The summed E-state index contributed by atoms with van der Waals surface area (Å²) in [5, 5.41) is 3.88. The van der Waals surface area contributed by atoms with Crippen LogP contribution >= 0.6 is 0 Å². The van der Waals surface area contributed by atoms with E-state index in [0.717, 1.165) is 0 Å². The number of aromatic nitrogens is 4. The minimum absolute atomic E-state index is 0.0203. The molecule has 7 nitrogen and oxygen atoms in total. The molecule has 3 rings (SSSR count). The first kappa shape index (κ1) is 12.7. The summed E-state index contributed by atoms with van der Waals surface area (Å²) < 4.78 is 5.23. The minimum Gasteiger partial charge on any atom is -0.341 e. The van der Waals surface area contributed by atoms with Gasteiger partial charge in [0.05, 0.1) is 5.92 Å². The molecule has 2 aromatic rings. The van der Waals surface area contributed by atoms with Gasteiger partial charge in [0.25, 0.3) is 0 Å². The highest BCUT2D eigenvalue weighted by atomic mass is 16.5. The van der Waals surface area contributed by atoms with Gasteiger partial charge < -0.3 is 9.42 Å². The Morgan fingerprint density at radius 2 is 2.00 bits per heavy atom. The number of carbonyl (C=O) groups is 1. The summed E-state index contributed by atoms with van der Waals surface area (Å²) in [5.41, 5.74) is 0. The van der Waals surface area contributed by atoms with Crippen molar-refractivity contribution in [1.82, 2.24) is 25.0 Å². The van der Waals surface area contributed by atoms with Crippen molar-refractivity contribution in [2.75, 3.05) is 13.1 Å². The van der Waals surface area contributed by atoms with Crippen molar-refractivity contribution >= 4 is 5.91 Å². The Morgan fingerprint density at radius 1 is 1.30 bits per heavy atom. The fraction of sp³-hybridized carbons (Fsp3) is 0.462. The SMILES string of the molecule is CC(C)C(=O)N1CC(c2nc(-c3ncccn3)no2)C1. The Hall–Kier alpha value is -2.31. The fourth-order valence-electron chi connectivity index (χ4n) is 2.09. The van der Waals surface area contributed by atoms with E-state index in [9.17, 15) is 4.79 Å². The van der Waals surface area contributed by atoms with E-state index >= 15 is 0 Å². The van der Waals surface area contributed by atoms with Gasteiger partial charge in [0.15, 0.2) is 0 Å². The number of amides is 1. The van der Waals surface area contributed by atoms with E-state index < -0.39 is 0 Å². The number of hydrogen-bond donors (Lipinski definition) is 0. The summed E-state index contributed by atoms with van der Waals surface area (Å²) >= 11 is 0. The van der Waals surface area contributed by atoms with Gasteiger partial charge in [-0.05, 0) is 6.07 Å². The average Bonchev–Trinajstić information content (AvgIpc) is 2.87. The number of rotatable bonds is 3. The van der Waals surface area contributed by atoms with Crippen LogP contribution in [0.25, 0.3) is 11.6 Å².